The van der Waals surface area contributed by atoms with Gasteiger partial charge in [0, 0.05) is 6.20 Å². The zero-order valence-electron chi connectivity index (χ0n) is 10.2. The van der Waals surface area contributed by atoms with Crippen LogP contribution in [0.4, 0.5) is 24.7 Å². The zero-order valence-corrected chi connectivity index (χ0v) is 12.6. The monoisotopic (exact) mass is 364 g/mol. The first-order valence-corrected chi connectivity index (χ1v) is 6.71. The summed E-state index contributed by atoms with van der Waals surface area (Å²) in [7, 11) is 0. The van der Waals surface area contributed by atoms with E-state index < -0.39 is 11.7 Å². The molecule has 0 unspecified atom stereocenters. The number of hydrogen-bond donors (Lipinski definition) is 1. The molecule has 1 N–H and O–H groups in total. The minimum absolute atomic E-state index is 0.153. The van der Waals surface area contributed by atoms with Crippen molar-refractivity contribution in [1.29, 1.82) is 0 Å². The average Bonchev–Trinajstić information content (AvgIpc) is 2.36. The van der Waals surface area contributed by atoms with E-state index in [1.165, 1.54) is 6.07 Å². The summed E-state index contributed by atoms with van der Waals surface area (Å²) in [5.74, 6) is 0.409. The molecule has 0 aliphatic rings. The van der Waals surface area contributed by atoms with Gasteiger partial charge in [-0.15, -0.1) is 0 Å². The third-order valence-electron chi connectivity index (χ3n) is 2.63. The maximum Gasteiger partial charge on any atom is 0.416 e. The summed E-state index contributed by atoms with van der Waals surface area (Å²) in [6.45, 7) is 1.85. The second kappa shape index (κ2) is 5.61. The Bertz CT molecular complexity index is 644. The molecule has 2 rings (SSSR count). The van der Waals surface area contributed by atoms with Crippen LogP contribution in [0.25, 0.3) is 0 Å². The molecule has 0 aliphatic carbocycles. The van der Waals surface area contributed by atoms with E-state index in [4.69, 9.17) is 11.6 Å². The van der Waals surface area contributed by atoms with Crippen LogP contribution >= 0.6 is 27.5 Å². The lowest BCUT2D eigenvalue weighted by Crippen LogP contribution is -2.06. The van der Waals surface area contributed by atoms with Crippen molar-refractivity contribution in [3.8, 4) is 0 Å². The minimum atomic E-state index is -4.42. The number of nitrogens with zero attached hydrogens (tertiary/aromatic N) is 1. The highest BCUT2D eigenvalue weighted by atomic mass is 79.9. The molecular formula is C13H9BrClF3N2. The minimum Gasteiger partial charge on any atom is -0.338 e. The van der Waals surface area contributed by atoms with Crippen LogP contribution in [0.1, 0.15) is 11.1 Å². The van der Waals surface area contributed by atoms with E-state index in [-0.39, 0.29) is 10.7 Å². The lowest BCUT2D eigenvalue weighted by Gasteiger charge is -2.13. The molecule has 0 aliphatic heterocycles. The normalized spacial score (nSPS) is 11.5. The van der Waals surface area contributed by atoms with E-state index in [0.29, 0.717) is 10.3 Å². The topological polar surface area (TPSA) is 24.9 Å². The van der Waals surface area contributed by atoms with E-state index in [1.807, 2.05) is 6.92 Å². The summed E-state index contributed by atoms with van der Waals surface area (Å²) >= 11 is 9.25. The Labute approximate surface area is 127 Å². The molecule has 0 spiro atoms. The third-order valence-corrected chi connectivity index (χ3v) is 3.96. The van der Waals surface area contributed by atoms with Gasteiger partial charge in [0.05, 0.1) is 20.7 Å². The molecule has 2 nitrogen and oxygen atoms in total. The van der Waals surface area contributed by atoms with Gasteiger partial charge in [0.1, 0.15) is 5.82 Å². The Morgan fingerprint density at radius 3 is 2.60 bits per heavy atom. The molecule has 0 amide bonds. The molecule has 0 bridgehead atoms. The van der Waals surface area contributed by atoms with Crippen molar-refractivity contribution < 1.29 is 13.2 Å². The number of rotatable bonds is 2. The van der Waals surface area contributed by atoms with E-state index >= 15 is 0 Å². The van der Waals surface area contributed by atoms with Gasteiger partial charge in [-0.2, -0.15) is 13.2 Å². The number of aromatic nitrogens is 1. The number of benzene rings is 1. The Kier molecular flexibility index (Phi) is 4.25. The second-order valence-corrected chi connectivity index (χ2v) is 5.31. The summed E-state index contributed by atoms with van der Waals surface area (Å²) in [5.41, 5.74) is 0.291. The number of anilines is 2. The van der Waals surface area contributed by atoms with Crippen molar-refractivity contribution in [1.82, 2.24) is 4.98 Å². The average molecular weight is 366 g/mol. The molecule has 0 saturated heterocycles. The Morgan fingerprint density at radius 2 is 1.95 bits per heavy atom. The smallest absolute Gasteiger partial charge is 0.338 e. The van der Waals surface area contributed by atoms with Gasteiger partial charge < -0.3 is 5.32 Å². The third kappa shape index (κ3) is 3.24. The molecule has 0 atom stereocenters. The number of hydrogen-bond acceptors (Lipinski definition) is 2. The lowest BCUT2D eigenvalue weighted by atomic mass is 10.2. The van der Waals surface area contributed by atoms with Crippen LogP contribution in [0.15, 0.2) is 34.9 Å². The fourth-order valence-electron chi connectivity index (χ4n) is 1.55. The van der Waals surface area contributed by atoms with Crippen molar-refractivity contribution in [3.05, 3.63) is 51.1 Å². The van der Waals surface area contributed by atoms with E-state index in [0.717, 1.165) is 17.7 Å². The number of alkyl halides is 3. The van der Waals surface area contributed by atoms with Gasteiger partial charge in [0.15, 0.2) is 0 Å². The largest absolute Gasteiger partial charge is 0.416 e. The lowest BCUT2D eigenvalue weighted by molar-refractivity contribution is -0.137. The van der Waals surface area contributed by atoms with Gasteiger partial charge in [-0.1, -0.05) is 11.6 Å². The number of pyridine rings is 1. The maximum atomic E-state index is 12.7. The summed E-state index contributed by atoms with van der Waals surface area (Å²) in [5, 5.41) is 2.99. The van der Waals surface area contributed by atoms with E-state index in [1.54, 1.807) is 12.3 Å². The van der Waals surface area contributed by atoms with Gasteiger partial charge in [-0.25, -0.2) is 4.98 Å². The Balaban J connectivity index is 2.41. The molecule has 20 heavy (non-hydrogen) atoms. The summed E-state index contributed by atoms with van der Waals surface area (Å²) in [6.07, 6.45) is -2.86. The Morgan fingerprint density at radius 1 is 1.25 bits per heavy atom. The highest BCUT2D eigenvalue weighted by Crippen LogP contribution is 2.36. The van der Waals surface area contributed by atoms with Crippen molar-refractivity contribution >= 4 is 39.0 Å². The van der Waals surface area contributed by atoms with Crippen LogP contribution in [-0.4, -0.2) is 4.98 Å². The van der Waals surface area contributed by atoms with Gasteiger partial charge in [-0.05, 0) is 52.7 Å². The van der Waals surface area contributed by atoms with E-state index in [9.17, 15) is 13.2 Å². The van der Waals surface area contributed by atoms with Crippen molar-refractivity contribution in [2.45, 2.75) is 13.1 Å². The molecule has 106 valence electrons. The molecule has 1 aromatic heterocycles. The van der Waals surface area contributed by atoms with E-state index in [2.05, 4.69) is 26.2 Å². The molecule has 0 fully saturated rings. The van der Waals surface area contributed by atoms with Crippen LogP contribution in [0, 0.1) is 6.92 Å². The number of aryl methyl sites for hydroxylation is 1. The van der Waals surface area contributed by atoms with Crippen LogP contribution in [0.5, 0.6) is 0 Å². The summed E-state index contributed by atoms with van der Waals surface area (Å²) in [4.78, 5) is 4.07. The standard InChI is InChI=1S/C13H9BrClF3N2/c1-7-4-5-19-12(11(7)14)20-10-6-8(13(16,17)18)2-3-9(10)15/h2-6H,1H3,(H,19,20). The van der Waals surface area contributed by atoms with Gasteiger partial charge in [0.25, 0.3) is 0 Å². The second-order valence-electron chi connectivity index (χ2n) is 4.11. The predicted octanol–water partition coefficient (Wildman–Crippen LogP) is 5.57. The molecule has 0 saturated carbocycles. The number of halogens is 5. The molecule has 0 radical (unpaired) electrons. The highest BCUT2D eigenvalue weighted by molar-refractivity contribution is 9.10. The predicted molar refractivity (Wildman–Crippen MR) is 76.4 cm³/mol. The molecule has 2 aromatic rings. The van der Waals surface area contributed by atoms with Crippen LogP contribution in [0.2, 0.25) is 5.02 Å². The molecule has 1 heterocycles. The summed E-state index contributed by atoms with van der Waals surface area (Å²) < 4.78 is 38.7. The molecule has 7 heteroatoms. The first-order valence-electron chi connectivity index (χ1n) is 5.54. The molecule has 1 aromatic carbocycles. The molecular weight excluding hydrogens is 357 g/mol. The zero-order chi connectivity index (χ0) is 14.9. The van der Waals surface area contributed by atoms with Gasteiger partial charge in [-0.3, -0.25) is 0 Å². The fraction of sp³-hybridized carbons (Fsp3) is 0.154. The maximum absolute atomic E-state index is 12.7. The Hall–Kier alpha value is -1.27. The number of nitrogens with one attached hydrogen (secondary N) is 1. The highest BCUT2D eigenvalue weighted by Gasteiger charge is 2.31. The van der Waals surface area contributed by atoms with Gasteiger partial charge in [0.2, 0.25) is 0 Å². The summed E-state index contributed by atoms with van der Waals surface area (Å²) in [6, 6.07) is 4.88. The fourth-order valence-corrected chi connectivity index (χ4v) is 2.05. The van der Waals surface area contributed by atoms with Crippen LogP contribution in [-0.2, 0) is 6.18 Å². The van der Waals surface area contributed by atoms with Crippen molar-refractivity contribution in [2.75, 3.05) is 5.32 Å². The quantitative estimate of drug-likeness (QED) is 0.753. The SMILES string of the molecule is Cc1ccnc(Nc2cc(C(F)(F)F)ccc2Cl)c1Br. The van der Waals surface area contributed by atoms with Crippen LogP contribution < -0.4 is 5.32 Å². The first-order chi connectivity index (χ1) is 9.29. The van der Waals surface area contributed by atoms with Crippen LogP contribution in [0.3, 0.4) is 0 Å². The first kappa shape index (κ1) is 15.1. The van der Waals surface area contributed by atoms with Gasteiger partial charge >= 0.3 is 6.18 Å². The van der Waals surface area contributed by atoms with Crippen molar-refractivity contribution in [2.24, 2.45) is 0 Å². The van der Waals surface area contributed by atoms with Crippen molar-refractivity contribution in [3.63, 3.8) is 0 Å².